The Morgan fingerprint density at radius 3 is 2.15 bits per heavy atom. The van der Waals surface area contributed by atoms with Crippen molar-refractivity contribution >= 4 is 52.4 Å². The number of imide groups is 1. The SMILES string of the molecule is Cc1ccc(OC(=O)c2ccc(NC3=C(Cl)C(=O)N(c4cc(C(F)(F)F)ccc4Cl)C3=O)cc2)c(C(C)(C)C)c1. The zero-order valence-corrected chi connectivity index (χ0v) is 23.3. The Hall–Kier alpha value is -3.82. The van der Waals surface area contributed by atoms with Crippen LogP contribution in [0.15, 0.2) is 71.4 Å². The first-order valence-corrected chi connectivity index (χ1v) is 12.7. The number of aryl methyl sites for hydroxylation is 1. The van der Waals surface area contributed by atoms with Crippen LogP contribution in [-0.4, -0.2) is 17.8 Å². The van der Waals surface area contributed by atoms with Crippen LogP contribution < -0.4 is 15.0 Å². The van der Waals surface area contributed by atoms with Crippen molar-refractivity contribution in [2.24, 2.45) is 0 Å². The highest BCUT2D eigenvalue weighted by Gasteiger charge is 2.41. The van der Waals surface area contributed by atoms with Crippen LogP contribution in [0.3, 0.4) is 0 Å². The van der Waals surface area contributed by atoms with Crippen molar-refractivity contribution in [2.45, 2.75) is 39.3 Å². The molecule has 0 radical (unpaired) electrons. The van der Waals surface area contributed by atoms with Crippen molar-refractivity contribution in [3.05, 3.63) is 98.7 Å². The number of hydrogen-bond acceptors (Lipinski definition) is 5. The Morgan fingerprint density at radius 2 is 1.55 bits per heavy atom. The first-order chi connectivity index (χ1) is 18.6. The molecule has 0 spiro atoms. The maximum atomic E-state index is 13.2. The van der Waals surface area contributed by atoms with Crippen LogP contribution in [0.25, 0.3) is 0 Å². The number of carbonyl (C=O) groups is 3. The number of hydrogen-bond donors (Lipinski definition) is 1. The highest BCUT2D eigenvalue weighted by Crippen LogP contribution is 2.39. The van der Waals surface area contributed by atoms with Crippen molar-refractivity contribution in [1.82, 2.24) is 0 Å². The molecule has 208 valence electrons. The van der Waals surface area contributed by atoms with Gasteiger partial charge in [-0.3, -0.25) is 9.59 Å². The summed E-state index contributed by atoms with van der Waals surface area (Å²) in [6, 6.07) is 13.7. The maximum absolute atomic E-state index is 13.2. The molecule has 1 N–H and O–H groups in total. The molecule has 0 fully saturated rings. The Morgan fingerprint density at radius 1 is 0.900 bits per heavy atom. The lowest BCUT2D eigenvalue weighted by molar-refractivity contribution is -0.137. The molecule has 3 aromatic carbocycles. The minimum Gasteiger partial charge on any atom is -0.423 e. The largest absolute Gasteiger partial charge is 0.423 e. The van der Waals surface area contributed by atoms with Gasteiger partial charge in [-0.25, -0.2) is 9.69 Å². The van der Waals surface area contributed by atoms with Gasteiger partial charge in [0, 0.05) is 11.3 Å². The predicted octanol–water partition coefficient (Wildman–Crippen LogP) is 7.62. The molecule has 0 atom stereocenters. The number of benzene rings is 3. The van der Waals surface area contributed by atoms with Gasteiger partial charge in [-0.05, 0) is 60.9 Å². The van der Waals surface area contributed by atoms with E-state index in [0.29, 0.717) is 16.7 Å². The van der Waals surface area contributed by atoms with E-state index in [-0.39, 0.29) is 27.4 Å². The number of ether oxygens (including phenoxy) is 1. The van der Waals surface area contributed by atoms with Gasteiger partial charge in [0.25, 0.3) is 11.8 Å². The van der Waals surface area contributed by atoms with E-state index in [0.717, 1.165) is 23.3 Å². The Labute approximate surface area is 238 Å². The van der Waals surface area contributed by atoms with Gasteiger partial charge >= 0.3 is 12.1 Å². The number of amides is 2. The van der Waals surface area contributed by atoms with E-state index in [1.165, 1.54) is 24.3 Å². The number of alkyl halides is 3. The molecule has 0 saturated heterocycles. The molecule has 0 bridgehead atoms. The van der Waals surface area contributed by atoms with Gasteiger partial charge in [-0.1, -0.05) is 61.7 Å². The van der Waals surface area contributed by atoms with Crippen LogP contribution in [0.5, 0.6) is 5.75 Å². The average Bonchev–Trinajstić information content (AvgIpc) is 3.07. The number of anilines is 2. The second-order valence-corrected chi connectivity index (χ2v) is 10.9. The third-order valence-electron chi connectivity index (χ3n) is 6.08. The third kappa shape index (κ3) is 5.85. The minimum absolute atomic E-state index is 0.220. The number of nitrogens with zero attached hydrogens (tertiary/aromatic N) is 1. The molecular weight excluding hydrogens is 568 g/mol. The van der Waals surface area contributed by atoms with Gasteiger partial charge in [0.05, 0.1) is 21.8 Å². The van der Waals surface area contributed by atoms with Gasteiger partial charge in [-0.15, -0.1) is 0 Å². The zero-order chi connectivity index (χ0) is 29.6. The summed E-state index contributed by atoms with van der Waals surface area (Å²) in [4.78, 5) is 39.1. The molecule has 0 saturated carbocycles. The molecule has 4 rings (SSSR count). The minimum atomic E-state index is -4.72. The highest BCUT2D eigenvalue weighted by atomic mass is 35.5. The van der Waals surface area contributed by atoms with Crippen molar-refractivity contribution in [1.29, 1.82) is 0 Å². The third-order valence-corrected chi connectivity index (χ3v) is 6.75. The first kappa shape index (κ1) is 29.2. The second-order valence-electron chi connectivity index (χ2n) is 10.1. The quantitative estimate of drug-likeness (QED) is 0.188. The fraction of sp³-hybridized carbons (Fsp3) is 0.207. The fourth-order valence-corrected chi connectivity index (χ4v) is 4.42. The summed E-state index contributed by atoms with van der Waals surface area (Å²) >= 11 is 12.1. The van der Waals surface area contributed by atoms with Crippen LogP contribution >= 0.6 is 23.2 Å². The normalized spacial score (nSPS) is 14.2. The van der Waals surface area contributed by atoms with E-state index in [2.05, 4.69) is 5.32 Å². The summed E-state index contributed by atoms with van der Waals surface area (Å²) in [7, 11) is 0. The molecular formula is C29H23Cl2F3N2O4. The summed E-state index contributed by atoms with van der Waals surface area (Å²) in [5.41, 5.74) is 0.242. The monoisotopic (exact) mass is 590 g/mol. The number of halogens is 5. The summed E-state index contributed by atoms with van der Waals surface area (Å²) < 4.78 is 45.3. The van der Waals surface area contributed by atoms with Crippen molar-refractivity contribution in [2.75, 3.05) is 10.2 Å². The standard InChI is InChI=1S/C29H23Cl2F3N2O4/c1-15-5-12-22(19(13-15)28(2,3)4)40-27(39)16-6-9-18(10-7-16)35-24-23(31)25(37)36(26(24)38)21-14-17(29(32,33)34)8-11-20(21)30/h5-14,35H,1-4H3. The van der Waals surface area contributed by atoms with Crippen molar-refractivity contribution in [3.63, 3.8) is 0 Å². The van der Waals surface area contributed by atoms with Gasteiger partial charge in [0.15, 0.2) is 0 Å². The van der Waals surface area contributed by atoms with Gasteiger partial charge < -0.3 is 10.1 Å². The second kappa shape index (κ2) is 10.6. The first-order valence-electron chi connectivity index (χ1n) is 11.9. The summed E-state index contributed by atoms with van der Waals surface area (Å²) in [6.07, 6.45) is -4.72. The number of rotatable bonds is 5. The molecule has 40 heavy (non-hydrogen) atoms. The number of esters is 1. The summed E-state index contributed by atoms with van der Waals surface area (Å²) in [5.74, 6) is -2.20. The van der Waals surface area contributed by atoms with Crippen LogP contribution in [0.2, 0.25) is 5.02 Å². The Balaban J connectivity index is 1.53. The average molecular weight is 591 g/mol. The number of nitrogens with one attached hydrogen (secondary N) is 1. The predicted molar refractivity (Wildman–Crippen MR) is 147 cm³/mol. The zero-order valence-electron chi connectivity index (χ0n) is 21.7. The van der Waals surface area contributed by atoms with Gasteiger partial charge in [0.2, 0.25) is 0 Å². The molecule has 2 amide bonds. The van der Waals surface area contributed by atoms with E-state index >= 15 is 0 Å². The Bertz CT molecular complexity index is 1560. The molecule has 1 aliphatic rings. The van der Waals surface area contributed by atoms with E-state index in [1.807, 2.05) is 39.8 Å². The summed E-state index contributed by atoms with van der Waals surface area (Å²) in [5, 5.41) is 1.93. The topological polar surface area (TPSA) is 75.7 Å². The fourth-order valence-electron chi connectivity index (χ4n) is 4.00. The lowest BCUT2D eigenvalue weighted by Gasteiger charge is -2.22. The van der Waals surface area contributed by atoms with Crippen molar-refractivity contribution in [3.8, 4) is 5.75 Å². The van der Waals surface area contributed by atoms with Crippen LogP contribution in [0, 0.1) is 6.92 Å². The molecule has 1 aliphatic heterocycles. The summed E-state index contributed by atoms with van der Waals surface area (Å²) in [6.45, 7) is 7.98. The van der Waals surface area contributed by atoms with Crippen LogP contribution in [0.4, 0.5) is 24.5 Å². The molecule has 6 nitrogen and oxygen atoms in total. The molecule has 0 aliphatic carbocycles. The Kier molecular flexibility index (Phi) is 7.75. The lowest BCUT2D eigenvalue weighted by Crippen LogP contribution is -2.32. The van der Waals surface area contributed by atoms with Gasteiger partial charge in [-0.2, -0.15) is 13.2 Å². The number of carbonyl (C=O) groups excluding carboxylic acids is 3. The van der Waals surface area contributed by atoms with E-state index in [1.54, 1.807) is 6.07 Å². The smallest absolute Gasteiger partial charge is 0.416 e. The van der Waals surface area contributed by atoms with Gasteiger partial charge in [0.1, 0.15) is 16.5 Å². The molecule has 3 aromatic rings. The van der Waals surface area contributed by atoms with Crippen LogP contribution in [-0.2, 0) is 21.2 Å². The maximum Gasteiger partial charge on any atom is 0.416 e. The molecule has 0 aromatic heterocycles. The van der Waals surface area contributed by atoms with Crippen molar-refractivity contribution < 1.29 is 32.3 Å². The molecule has 0 unspecified atom stereocenters. The van der Waals surface area contributed by atoms with E-state index < -0.39 is 40.2 Å². The highest BCUT2D eigenvalue weighted by molar-refractivity contribution is 6.53. The molecule has 1 heterocycles. The van der Waals surface area contributed by atoms with E-state index in [4.69, 9.17) is 27.9 Å². The lowest BCUT2D eigenvalue weighted by atomic mass is 9.85. The van der Waals surface area contributed by atoms with Crippen LogP contribution in [0.1, 0.15) is 47.8 Å². The van der Waals surface area contributed by atoms with E-state index in [9.17, 15) is 27.6 Å². The molecule has 11 heteroatoms.